The van der Waals surface area contributed by atoms with Gasteiger partial charge < -0.3 is 5.32 Å². The number of anilines is 1. The number of aryl methyl sites for hydroxylation is 1. The van der Waals surface area contributed by atoms with Crippen LogP contribution in [0.1, 0.15) is 31.9 Å². The molecule has 1 saturated heterocycles. The minimum Gasteiger partial charge on any atom is -0.322 e. The fourth-order valence-corrected chi connectivity index (χ4v) is 6.55. The van der Waals surface area contributed by atoms with Crippen molar-refractivity contribution in [2.24, 2.45) is 0 Å². The number of thioether (sulfide) groups is 2. The van der Waals surface area contributed by atoms with Gasteiger partial charge in [0.25, 0.3) is 5.91 Å². The fraction of sp³-hybridized carbons (Fsp3) is 0.263. The van der Waals surface area contributed by atoms with E-state index >= 15 is 0 Å². The van der Waals surface area contributed by atoms with E-state index in [1.165, 1.54) is 23.5 Å². The highest BCUT2D eigenvalue weighted by Gasteiger charge is 2.17. The number of thiazole rings is 1. The molecule has 0 aliphatic carbocycles. The van der Waals surface area contributed by atoms with Gasteiger partial charge in [-0.15, -0.1) is 34.9 Å². The quantitative estimate of drug-likeness (QED) is 0.624. The zero-order valence-corrected chi connectivity index (χ0v) is 16.3. The van der Waals surface area contributed by atoms with Gasteiger partial charge in [-0.3, -0.25) is 4.79 Å². The third-order valence-corrected chi connectivity index (χ3v) is 7.97. The molecule has 6 heteroatoms. The van der Waals surface area contributed by atoms with E-state index in [1.54, 1.807) is 11.3 Å². The lowest BCUT2D eigenvalue weighted by Crippen LogP contribution is -2.12. The topological polar surface area (TPSA) is 42.0 Å². The first-order valence-electron chi connectivity index (χ1n) is 8.21. The highest BCUT2D eigenvalue weighted by molar-refractivity contribution is 8.16. The van der Waals surface area contributed by atoms with Crippen LogP contribution < -0.4 is 5.32 Å². The maximum Gasteiger partial charge on any atom is 0.255 e. The molecule has 1 aromatic heterocycles. The van der Waals surface area contributed by atoms with E-state index < -0.39 is 0 Å². The summed E-state index contributed by atoms with van der Waals surface area (Å²) in [5.41, 5.74) is 3.78. The van der Waals surface area contributed by atoms with Crippen molar-refractivity contribution in [3.63, 3.8) is 0 Å². The summed E-state index contributed by atoms with van der Waals surface area (Å²) in [5, 5.41) is 4.02. The third-order valence-electron chi connectivity index (χ3n) is 4.03. The number of carbonyl (C=O) groups excluding carboxylic acids is 1. The van der Waals surface area contributed by atoms with Crippen LogP contribution in [-0.4, -0.2) is 22.4 Å². The molecule has 128 valence electrons. The van der Waals surface area contributed by atoms with E-state index in [4.69, 9.17) is 0 Å². The standard InChI is InChI=1S/C19H18N2OS3/c1-12-20-16-8-7-15(11-17(16)25-12)21-18(22)13-3-5-14(6-4-13)19-23-9-2-10-24-19/h3-8,11,19H,2,9-10H2,1H3,(H,21,22). The Morgan fingerprint density at radius 2 is 1.88 bits per heavy atom. The van der Waals surface area contributed by atoms with Crippen molar-refractivity contribution < 1.29 is 4.79 Å². The van der Waals surface area contributed by atoms with E-state index in [0.29, 0.717) is 10.1 Å². The van der Waals surface area contributed by atoms with Crippen LogP contribution in [0.25, 0.3) is 10.2 Å². The van der Waals surface area contributed by atoms with E-state index in [9.17, 15) is 4.79 Å². The molecule has 0 radical (unpaired) electrons. The molecule has 1 aliphatic heterocycles. The van der Waals surface area contributed by atoms with Gasteiger partial charge in [0.05, 0.1) is 19.8 Å². The van der Waals surface area contributed by atoms with E-state index in [-0.39, 0.29) is 5.91 Å². The Morgan fingerprint density at radius 3 is 2.64 bits per heavy atom. The van der Waals surface area contributed by atoms with Gasteiger partial charge in [-0.05, 0) is 60.7 Å². The monoisotopic (exact) mass is 386 g/mol. The van der Waals surface area contributed by atoms with Crippen molar-refractivity contribution >= 4 is 56.7 Å². The molecule has 1 aliphatic rings. The summed E-state index contributed by atoms with van der Waals surface area (Å²) >= 11 is 5.63. The molecule has 2 heterocycles. The second-order valence-electron chi connectivity index (χ2n) is 5.92. The summed E-state index contributed by atoms with van der Waals surface area (Å²) < 4.78 is 1.60. The maximum atomic E-state index is 12.5. The average Bonchev–Trinajstić information content (AvgIpc) is 3.02. The summed E-state index contributed by atoms with van der Waals surface area (Å²) in [7, 11) is 0. The molecule has 1 amide bonds. The number of fused-ring (bicyclic) bond motifs is 1. The average molecular weight is 387 g/mol. The Morgan fingerprint density at radius 1 is 1.12 bits per heavy atom. The lowest BCUT2D eigenvalue weighted by Gasteiger charge is -2.21. The van der Waals surface area contributed by atoms with Crippen LogP contribution in [0, 0.1) is 6.92 Å². The lowest BCUT2D eigenvalue weighted by molar-refractivity contribution is 0.102. The minimum absolute atomic E-state index is 0.0731. The smallest absolute Gasteiger partial charge is 0.255 e. The van der Waals surface area contributed by atoms with Crippen LogP contribution in [0.3, 0.4) is 0 Å². The predicted molar refractivity (Wildman–Crippen MR) is 111 cm³/mol. The lowest BCUT2D eigenvalue weighted by atomic mass is 10.1. The number of hydrogen-bond donors (Lipinski definition) is 1. The van der Waals surface area contributed by atoms with Crippen LogP contribution in [0.4, 0.5) is 5.69 Å². The molecule has 3 nitrogen and oxygen atoms in total. The Balaban J connectivity index is 1.47. The SMILES string of the molecule is Cc1nc2ccc(NC(=O)c3ccc(C4SCCCS4)cc3)cc2s1. The summed E-state index contributed by atoms with van der Waals surface area (Å²) in [5.74, 6) is 2.37. The molecule has 1 N–H and O–H groups in total. The first kappa shape index (κ1) is 16.9. The third kappa shape index (κ3) is 3.86. The van der Waals surface area contributed by atoms with Gasteiger partial charge in [0, 0.05) is 11.3 Å². The van der Waals surface area contributed by atoms with Gasteiger partial charge >= 0.3 is 0 Å². The number of rotatable bonds is 3. The highest BCUT2D eigenvalue weighted by atomic mass is 32.2. The Labute approximate surface area is 159 Å². The molecule has 4 rings (SSSR count). The summed E-state index contributed by atoms with van der Waals surface area (Å²) in [6.07, 6.45) is 1.29. The van der Waals surface area contributed by atoms with Gasteiger partial charge in [0.15, 0.2) is 0 Å². The molecular formula is C19H18N2OS3. The second kappa shape index (κ2) is 7.40. The first-order chi connectivity index (χ1) is 12.2. The molecule has 2 aromatic carbocycles. The van der Waals surface area contributed by atoms with Gasteiger partial charge in [-0.1, -0.05) is 12.1 Å². The normalized spacial score (nSPS) is 15.4. The van der Waals surface area contributed by atoms with Crippen molar-refractivity contribution in [1.29, 1.82) is 0 Å². The summed E-state index contributed by atoms with van der Waals surface area (Å²) in [6, 6.07) is 13.9. The number of nitrogens with zero attached hydrogens (tertiary/aromatic N) is 1. The number of hydrogen-bond acceptors (Lipinski definition) is 5. The number of carbonyl (C=O) groups is 1. The maximum absolute atomic E-state index is 12.5. The molecule has 3 aromatic rings. The summed E-state index contributed by atoms with van der Waals surface area (Å²) in [4.78, 5) is 17.0. The number of aromatic nitrogens is 1. The van der Waals surface area contributed by atoms with E-state index in [0.717, 1.165) is 20.9 Å². The molecule has 0 atom stereocenters. The van der Waals surface area contributed by atoms with Crippen molar-refractivity contribution in [1.82, 2.24) is 4.98 Å². The van der Waals surface area contributed by atoms with E-state index in [2.05, 4.69) is 22.4 Å². The van der Waals surface area contributed by atoms with Crippen molar-refractivity contribution in [2.75, 3.05) is 16.8 Å². The van der Waals surface area contributed by atoms with Crippen molar-refractivity contribution in [3.8, 4) is 0 Å². The van der Waals surface area contributed by atoms with Crippen molar-refractivity contribution in [3.05, 3.63) is 58.6 Å². The van der Waals surface area contributed by atoms with Gasteiger partial charge in [0.2, 0.25) is 0 Å². The van der Waals surface area contributed by atoms with E-state index in [1.807, 2.05) is 60.8 Å². The number of benzene rings is 2. The van der Waals surface area contributed by atoms with Gasteiger partial charge in [-0.25, -0.2) is 4.98 Å². The summed E-state index contributed by atoms with van der Waals surface area (Å²) in [6.45, 7) is 1.99. The fourth-order valence-electron chi connectivity index (χ4n) is 2.79. The highest BCUT2D eigenvalue weighted by Crippen LogP contribution is 2.43. The zero-order chi connectivity index (χ0) is 17.2. The Bertz CT molecular complexity index is 899. The van der Waals surface area contributed by atoms with Crippen LogP contribution in [-0.2, 0) is 0 Å². The largest absolute Gasteiger partial charge is 0.322 e. The van der Waals surface area contributed by atoms with Gasteiger partial charge in [-0.2, -0.15) is 0 Å². The molecule has 0 bridgehead atoms. The van der Waals surface area contributed by atoms with Crippen LogP contribution >= 0.6 is 34.9 Å². The molecule has 0 saturated carbocycles. The molecule has 0 spiro atoms. The van der Waals surface area contributed by atoms with Crippen LogP contribution in [0.5, 0.6) is 0 Å². The first-order valence-corrected chi connectivity index (χ1v) is 11.1. The van der Waals surface area contributed by atoms with Crippen molar-refractivity contribution in [2.45, 2.75) is 17.9 Å². The van der Waals surface area contributed by atoms with Crippen LogP contribution in [0.2, 0.25) is 0 Å². The molecule has 0 unspecified atom stereocenters. The van der Waals surface area contributed by atoms with Gasteiger partial charge in [0.1, 0.15) is 0 Å². The zero-order valence-electron chi connectivity index (χ0n) is 13.8. The molecular weight excluding hydrogens is 368 g/mol. The van der Waals surface area contributed by atoms with Crippen LogP contribution in [0.15, 0.2) is 42.5 Å². The Hall–Kier alpha value is -1.50. The number of nitrogens with one attached hydrogen (secondary N) is 1. The molecule has 25 heavy (non-hydrogen) atoms. The Kier molecular flexibility index (Phi) is 5.01. The minimum atomic E-state index is -0.0731. The second-order valence-corrected chi connectivity index (χ2v) is 9.88. The molecule has 1 fully saturated rings. The predicted octanol–water partition coefficient (Wildman–Crippen LogP) is 5.73. The number of amides is 1.